The second-order valence-electron chi connectivity index (χ2n) is 7.62. The number of benzene rings is 2. The first-order chi connectivity index (χ1) is 13.3. The number of hydrogen-bond acceptors (Lipinski definition) is 3. The van der Waals surface area contributed by atoms with Gasteiger partial charge in [0.05, 0.1) is 5.52 Å². The fraction of sp³-hybridized carbons (Fsp3) is 0.364. The Kier molecular flexibility index (Phi) is 6.89. The second-order valence-corrected chi connectivity index (χ2v) is 8.49. The zero-order valence-corrected chi connectivity index (χ0v) is 18.5. The SMILES string of the molecule is CN(C)CCN(CCN(C)C)n1cc(-c2ccc(Cl)cc2)c2cc(Cl)ccc21. The van der Waals surface area contributed by atoms with E-state index in [2.05, 4.69) is 72.1 Å². The van der Waals surface area contributed by atoms with Gasteiger partial charge in [0.15, 0.2) is 0 Å². The van der Waals surface area contributed by atoms with E-state index < -0.39 is 0 Å². The van der Waals surface area contributed by atoms with E-state index in [1.165, 1.54) is 0 Å². The summed E-state index contributed by atoms with van der Waals surface area (Å²) in [4.78, 5) is 4.43. The molecule has 1 aromatic heterocycles. The smallest absolute Gasteiger partial charge is 0.0702 e. The number of rotatable bonds is 8. The van der Waals surface area contributed by atoms with Gasteiger partial charge in [-0.15, -0.1) is 0 Å². The molecule has 4 nitrogen and oxygen atoms in total. The third-order valence-corrected chi connectivity index (χ3v) is 5.30. The summed E-state index contributed by atoms with van der Waals surface area (Å²) in [5, 5.41) is 5.03. The van der Waals surface area contributed by atoms with Gasteiger partial charge in [-0.05, 0) is 64.1 Å². The summed E-state index contributed by atoms with van der Waals surface area (Å²) in [6.07, 6.45) is 2.22. The molecule has 0 aliphatic rings. The van der Waals surface area contributed by atoms with Crippen molar-refractivity contribution < 1.29 is 0 Å². The lowest BCUT2D eigenvalue weighted by Crippen LogP contribution is -2.43. The van der Waals surface area contributed by atoms with Crippen molar-refractivity contribution >= 4 is 34.1 Å². The van der Waals surface area contributed by atoms with Gasteiger partial charge < -0.3 is 14.8 Å². The molecule has 6 heteroatoms. The summed E-state index contributed by atoms with van der Waals surface area (Å²) in [5.41, 5.74) is 3.45. The Morgan fingerprint density at radius 1 is 0.750 bits per heavy atom. The molecule has 1 heterocycles. The first-order valence-electron chi connectivity index (χ1n) is 9.46. The van der Waals surface area contributed by atoms with Crippen LogP contribution in [-0.2, 0) is 0 Å². The molecule has 0 saturated carbocycles. The molecule has 0 radical (unpaired) electrons. The minimum Gasteiger partial charge on any atom is -0.310 e. The van der Waals surface area contributed by atoms with Crippen LogP contribution in [0.1, 0.15) is 0 Å². The van der Waals surface area contributed by atoms with E-state index in [-0.39, 0.29) is 0 Å². The van der Waals surface area contributed by atoms with Gasteiger partial charge in [-0.1, -0.05) is 35.3 Å². The Bertz CT molecular complexity index is 904. The van der Waals surface area contributed by atoms with Gasteiger partial charge in [-0.2, -0.15) is 0 Å². The molecule has 2 aromatic carbocycles. The van der Waals surface area contributed by atoms with E-state index in [4.69, 9.17) is 23.2 Å². The minimum absolute atomic E-state index is 0.740. The lowest BCUT2D eigenvalue weighted by Gasteiger charge is -2.29. The first kappa shape index (κ1) is 21.0. The monoisotopic (exact) mass is 418 g/mol. The minimum atomic E-state index is 0.740. The molecule has 0 aliphatic heterocycles. The average Bonchev–Trinajstić information content (AvgIpc) is 3.00. The van der Waals surface area contributed by atoms with Crippen LogP contribution in [-0.4, -0.2) is 68.8 Å². The maximum atomic E-state index is 6.34. The maximum Gasteiger partial charge on any atom is 0.0702 e. The van der Waals surface area contributed by atoms with E-state index in [0.717, 1.165) is 58.3 Å². The number of halogens is 2. The number of nitrogens with zero attached hydrogens (tertiary/aromatic N) is 4. The molecule has 3 rings (SSSR count). The largest absolute Gasteiger partial charge is 0.310 e. The van der Waals surface area contributed by atoms with Crippen molar-refractivity contribution in [3.63, 3.8) is 0 Å². The molecule has 0 amide bonds. The van der Waals surface area contributed by atoms with E-state index in [9.17, 15) is 0 Å². The fourth-order valence-corrected chi connectivity index (χ4v) is 3.53. The van der Waals surface area contributed by atoms with Crippen LogP contribution in [0.5, 0.6) is 0 Å². The molecule has 0 fully saturated rings. The van der Waals surface area contributed by atoms with Crippen molar-refractivity contribution in [3.8, 4) is 11.1 Å². The van der Waals surface area contributed by atoms with Crippen molar-refractivity contribution in [2.75, 3.05) is 59.4 Å². The van der Waals surface area contributed by atoms with Crippen molar-refractivity contribution in [2.45, 2.75) is 0 Å². The Morgan fingerprint density at radius 2 is 1.32 bits per heavy atom. The molecule has 0 atom stereocenters. The van der Waals surface area contributed by atoms with Gasteiger partial charge in [0.25, 0.3) is 0 Å². The zero-order chi connectivity index (χ0) is 20.3. The highest BCUT2D eigenvalue weighted by atomic mass is 35.5. The fourth-order valence-electron chi connectivity index (χ4n) is 3.24. The maximum absolute atomic E-state index is 6.34. The molecule has 3 aromatic rings. The van der Waals surface area contributed by atoms with Crippen LogP contribution in [0.15, 0.2) is 48.7 Å². The Balaban J connectivity index is 2.08. The number of aromatic nitrogens is 1. The van der Waals surface area contributed by atoms with Crippen LogP contribution in [0.2, 0.25) is 10.0 Å². The predicted octanol–water partition coefficient (Wildman–Crippen LogP) is 4.68. The molecule has 0 unspecified atom stereocenters. The van der Waals surface area contributed by atoms with Crippen molar-refractivity contribution in [1.82, 2.24) is 14.5 Å². The average molecular weight is 419 g/mol. The number of likely N-dealkylation sites (N-methyl/N-ethyl adjacent to an activating group) is 2. The van der Waals surface area contributed by atoms with E-state index in [1.807, 2.05) is 24.3 Å². The van der Waals surface area contributed by atoms with E-state index >= 15 is 0 Å². The van der Waals surface area contributed by atoms with E-state index in [0.29, 0.717) is 0 Å². The van der Waals surface area contributed by atoms with Crippen LogP contribution in [0.25, 0.3) is 22.0 Å². The highest BCUT2D eigenvalue weighted by molar-refractivity contribution is 6.31. The quantitative estimate of drug-likeness (QED) is 0.527. The lowest BCUT2D eigenvalue weighted by molar-refractivity contribution is 0.368. The van der Waals surface area contributed by atoms with Crippen molar-refractivity contribution in [2.24, 2.45) is 0 Å². The normalized spacial score (nSPS) is 11.7. The Labute approximate surface area is 177 Å². The molecule has 150 valence electrons. The summed E-state index contributed by atoms with van der Waals surface area (Å²) in [6, 6.07) is 14.1. The van der Waals surface area contributed by atoms with Gasteiger partial charge in [-0.25, -0.2) is 0 Å². The topological polar surface area (TPSA) is 14.7 Å². The van der Waals surface area contributed by atoms with Gasteiger partial charge >= 0.3 is 0 Å². The Hall–Kier alpha value is -1.72. The van der Waals surface area contributed by atoms with Crippen LogP contribution in [0.4, 0.5) is 0 Å². The highest BCUT2D eigenvalue weighted by Crippen LogP contribution is 2.33. The molecule has 0 N–H and O–H groups in total. The molecule has 0 bridgehead atoms. The van der Waals surface area contributed by atoms with Crippen LogP contribution in [0.3, 0.4) is 0 Å². The van der Waals surface area contributed by atoms with E-state index in [1.54, 1.807) is 0 Å². The summed E-state index contributed by atoms with van der Waals surface area (Å²) >= 11 is 12.4. The molecular weight excluding hydrogens is 391 g/mol. The third kappa shape index (κ3) is 5.00. The molecule has 0 saturated heterocycles. The van der Waals surface area contributed by atoms with Crippen molar-refractivity contribution in [3.05, 3.63) is 58.7 Å². The predicted molar refractivity (Wildman–Crippen MR) is 122 cm³/mol. The first-order valence-corrected chi connectivity index (χ1v) is 10.2. The van der Waals surface area contributed by atoms with Gasteiger partial charge in [0, 0.05) is 53.4 Å². The highest BCUT2D eigenvalue weighted by Gasteiger charge is 2.16. The zero-order valence-electron chi connectivity index (χ0n) is 17.0. The number of fused-ring (bicyclic) bond motifs is 1. The molecule has 0 spiro atoms. The third-order valence-electron chi connectivity index (χ3n) is 4.82. The van der Waals surface area contributed by atoms with Crippen LogP contribution < -0.4 is 5.01 Å². The summed E-state index contributed by atoms with van der Waals surface area (Å²) in [6.45, 7) is 3.84. The van der Waals surface area contributed by atoms with Gasteiger partial charge in [-0.3, -0.25) is 4.68 Å². The van der Waals surface area contributed by atoms with Gasteiger partial charge in [0.2, 0.25) is 0 Å². The number of hydrogen-bond donors (Lipinski definition) is 0. The van der Waals surface area contributed by atoms with Gasteiger partial charge in [0.1, 0.15) is 0 Å². The summed E-state index contributed by atoms with van der Waals surface area (Å²) < 4.78 is 2.28. The summed E-state index contributed by atoms with van der Waals surface area (Å²) in [7, 11) is 8.43. The standard InChI is InChI=1S/C22H28Cl2N4/c1-25(2)11-13-27(14-12-26(3)4)28-16-21(17-5-7-18(23)8-6-17)20-15-19(24)9-10-22(20)28/h5-10,15-16H,11-14H2,1-4H3. The van der Waals surface area contributed by atoms with Crippen LogP contribution >= 0.6 is 23.2 Å². The second kappa shape index (κ2) is 9.19. The Morgan fingerprint density at radius 3 is 1.89 bits per heavy atom. The molecule has 0 aliphatic carbocycles. The summed E-state index contributed by atoms with van der Waals surface area (Å²) in [5.74, 6) is 0. The van der Waals surface area contributed by atoms with Crippen LogP contribution in [0, 0.1) is 0 Å². The molecule has 28 heavy (non-hydrogen) atoms. The molecular formula is C22H28Cl2N4. The lowest BCUT2D eigenvalue weighted by atomic mass is 10.1. The van der Waals surface area contributed by atoms with Crippen molar-refractivity contribution in [1.29, 1.82) is 0 Å².